The van der Waals surface area contributed by atoms with Crippen molar-refractivity contribution in [2.24, 2.45) is 0 Å². The van der Waals surface area contributed by atoms with Crippen molar-refractivity contribution in [2.75, 3.05) is 10.5 Å². The first-order valence-corrected chi connectivity index (χ1v) is 7.91. The maximum Gasteiger partial charge on any atom is 0.262 e. The molecule has 0 aliphatic rings. The molecule has 0 radical (unpaired) electrons. The van der Waals surface area contributed by atoms with Crippen molar-refractivity contribution in [2.45, 2.75) is 11.8 Å². The van der Waals surface area contributed by atoms with Crippen LogP contribution in [-0.2, 0) is 10.0 Å². The summed E-state index contributed by atoms with van der Waals surface area (Å²) in [6, 6.07) is 8.42. The summed E-state index contributed by atoms with van der Waals surface area (Å²) >= 11 is 3.01. The van der Waals surface area contributed by atoms with Crippen molar-refractivity contribution < 1.29 is 12.8 Å². The molecule has 106 valence electrons. The highest BCUT2D eigenvalue weighted by atomic mass is 79.9. The first-order valence-electron chi connectivity index (χ1n) is 5.63. The Balaban J connectivity index is 2.38. The highest BCUT2D eigenvalue weighted by Crippen LogP contribution is 2.24. The van der Waals surface area contributed by atoms with Crippen LogP contribution in [-0.4, -0.2) is 8.42 Å². The van der Waals surface area contributed by atoms with Crippen LogP contribution < -0.4 is 10.5 Å². The summed E-state index contributed by atoms with van der Waals surface area (Å²) in [5.41, 5.74) is 6.90. The second-order valence-corrected chi connectivity index (χ2v) is 6.76. The summed E-state index contributed by atoms with van der Waals surface area (Å²) in [5.74, 6) is -0.461. The summed E-state index contributed by atoms with van der Waals surface area (Å²) in [6.07, 6.45) is 0. The Bertz CT molecular complexity index is 763. The number of benzene rings is 2. The number of nitrogen functional groups attached to an aromatic ring is 1. The number of nitrogens with two attached hydrogens (primary N) is 1. The van der Waals surface area contributed by atoms with Gasteiger partial charge in [-0.25, -0.2) is 12.8 Å². The molecule has 7 heteroatoms. The summed E-state index contributed by atoms with van der Waals surface area (Å²) in [6.45, 7) is 1.66. The molecule has 0 spiro atoms. The minimum atomic E-state index is -3.74. The fourth-order valence-electron chi connectivity index (χ4n) is 1.74. The zero-order chi connectivity index (χ0) is 14.9. The van der Waals surface area contributed by atoms with E-state index in [1.165, 1.54) is 30.3 Å². The first-order chi connectivity index (χ1) is 9.29. The molecule has 0 saturated heterocycles. The molecule has 0 saturated carbocycles. The monoisotopic (exact) mass is 358 g/mol. The molecular weight excluding hydrogens is 347 g/mol. The van der Waals surface area contributed by atoms with E-state index >= 15 is 0 Å². The van der Waals surface area contributed by atoms with Crippen LogP contribution in [0, 0.1) is 12.7 Å². The number of hydrogen-bond acceptors (Lipinski definition) is 3. The lowest BCUT2D eigenvalue weighted by Crippen LogP contribution is -2.14. The highest BCUT2D eigenvalue weighted by molar-refractivity contribution is 9.10. The van der Waals surface area contributed by atoms with Gasteiger partial charge in [0.1, 0.15) is 5.82 Å². The third kappa shape index (κ3) is 3.10. The SMILES string of the molecule is Cc1cc(N)ccc1S(=O)(=O)Nc1ccc(F)c(Br)c1. The van der Waals surface area contributed by atoms with Crippen LogP contribution >= 0.6 is 15.9 Å². The largest absolute Gasteiger partial charge is 0.399 e. The van der Waals surface area contributed by atoms with Gasteiger partial charge in [0.15, 0.2) is 0 Å². The minimum absolute atomic E-state index is 0.132. The molecule has 0 bridgehead atoms. The van der Waals surface area contributed by atoms with Gasteiger partial charge in [-0.2, -0.15) is 0 Å². The van der Waals surface area contributed by atoms with Gasteiger partial charge < -0.3 is 5.73 Å². The molecular formula is C13H12BrFN2O2S. The fourth-order valence-corrected chi connectivity index (χ4v) is 3.40. The van der Waals surface area contributed by atoms with Gasteiger partial charge in [0.2, 0.25) is 0 Å². The van der Waals surface area contributed by atoms with Crippen molar-refractivity contribution in [3.63, 3.8) is 0 Å². The molecule has 0 fully saturated rings. The normalized spacial score (nSPS) is 11.3. The van der Waals surface area contributed by atoms with E-state index in [1.54, 1.807) is 13.0 Å². The Morgan fingerprint density at radius 3 is 2.50 bits per heavy atom. The number of halogens is 2. The number of sulfonamides is 1. The number of hydrogen-bond donors (Lipinski definition) is 2. The molecule has 0 heterocycles. The third-order valence-corrected chi connectivity index (χ3v) is 4.81. The topological polar surface area (TPSA) is 72.2 Å². The Kier molecular flexibility index (Phi) is 4.01. The van der Waals surface area contributed by atoms with Gasteiger partial charge in [-0.1, -0.05) is 0 Å². The molecule has 0 aromatic heterocycles. The van der Waals surface area contributed by atoms with Crippen molar-refractivity contribution in [3.05, 3.63) is 52.3 Å². The lowest BCUT2D eigenvalue weighted by molar-refractivity contribution is 0.600. The fraction of sp³-hybridized carbons (Fsp3) is 0.0769. The van der Waals surface area contributed by atoms with Crippen LogP contribution in [0.25, 0.3) is 0 Å². The number of rotatable bonds is 3. The van der Waals surface area contributed by atoms with Gasteiger partial charge in [-0.3, -0.25) is 4.72 Å². The Hall–Kier alpha value is -1.60. The Labute approximate surface area is 125 Å². The zero-order valence-corrected chi connectivity index (χ0v) is 12.9. The quantitative estimate of drug-likeness (QED) is 0.827. The molecule has 0 aliphatic carbocycles. The summed E-state index contributed by atoms with van der Waals surface area (Å²) in [7, 11) is -3.74. The molecule has 0 amide bonds. The number of nitrogens with one attached hydrogen (secondary N) is 1. The second kappa shape index (κ2) is 5.41. The van der Waals surface area contributed by atoms with E-state index in [-0.39, 0.29) is 15.1 Å². The van der Waals surface area contributed by atoms with Crippen molar-refractivity contribution in [1.82, 2.24) is 0 Å². The van der Waals surface area contributed by atoms with Gasteiger partial charge in [0.05, 0.1) is 15.1 Å². The van der Waals surface area contributed by atoms with E-state index in [0.717, 1.165) is 0 Å². The zero-order valence-electron chi connectivity index (χ0n) is 10.5. The second-order valence-electron chi connectivity index (χ2n) is 4.26. The number of aryl methyl sites for hydroxylation is 1. The van der Waals surface area contributed by atoms with E-state index in [0.29, 0.717) is 11.3 Å². The molecule has 0 unspecified atom stereocenters. The van der Waals surface area contributed by atoms with Gasteiger partial charge in [-0.05, 0) is 64.8 Å². The lowest BCUT2D eigenvalue weighted by Gasteiger charge is -2.11. The first kappa shape index (κ1) is 14.8. The summed E-state index contributed by atoms with van der Waals surface area (Å²) < 4.78 is 40.2. The smallest absolute Gasteiger partial charge is 0.262 e. The van der Waals surface area contributed by atoms with E-state index in [1.807, 2.05) is 0 Å². The van der Waals surface area contributed by atoms with Crippen molar-refractivity contribution in [3.8, 4) is 0 Å². The molecule has 2 aromatic rings. The Morgan fingerprint density at radius 2 is 1.90 bits per heavy atom. The summed E-state index contributed by atoms with van der Waals surface area (Å²) in [5, 5.41) is 0. The lowest BCUT2D eigenvalue weighted by atomic mass is 10.2. The van der Waals surface area contributed by atoms with Gasteiger partial charge >= 0.3 is 0 Å². The highest BCUT2D eigenvalue weighted by Gasteiger charge is 2.17. The van der Waals surface area contributed by atoms with E-state index < -0.39 is 15.8 Å². The van der Waals surface area contributed by atoms with Crippen LogP contribution in [0.5, 0.6) is 0 Å². The third-order valence-electron chi connectivity index (χ3n) is 2.66. The summed E-state index contributed by atoms with van der Waals surface area (Å²) in [4.78, 5) is 0.132. The molecule has 0 aliphatic heterocycles. The van der Waals surface area contributed by atoms with Gasteiger partial charge in [-0.15, -0.1) is 0 Å². The van der Waals surface area contributed by atoms with Crippen LogP contribution in [0.4, 0.5) is 15.8 Å². The van der Waals surface area contributed by atoms with Crippen molar-refractivity contribution >= 4 is 37.3 Å². The predicted octanol–water partition coefficient (Wildman–Crippen LogP) is 3.28. The van der Waals surface area contributed by atoms with Crippen molar-refractivity contribution in [1.29, 1.82) is 0 Å². The standard InChI is InChI=1S/C13H12BrFN2O2S/c1-8-6-9(16)2-5-13(8)20(18,19)17-10-3-4-12(15)11(14)7-10/h2-7,17H,16H2,1H3. The van der Waals surface area contributed by atoms with Crippen LogP contribution in [0.1, 0.15) is 5.56 Å². The molecule has 0 atom stereocenters. The van der Waals surface area contributed by atoms with Gasteiger partial charge in [0.25, 0.3) is 10.0 Å². The van der Waals surface area contributed by atoms with Gasteiger partial charge in [0, 0.05) is 5.69 Å². The van der Waals surface area contributed by atoms with Crippen LogP contribution in [0.15, 0.2) is 45.8 Å². The van der Waals surface area contributed by atoms with Crippen LogP contribution in [0.3, 0.4) is 0 Å². The molecule has 2 rings (SSSR count). The average Bonchev–Trinajstić information content (AvgIpc) is 2.33. The minimum Gasteiger partial charge on any atom is -0.399 e. The molecule has 20 heavy (non-hydrogen) atoms. The molecule has 2 aromatic carbocycles. The average molecular weight is 359 g/mol. The predicted molar refractivity (Wildman–Crippen MR) is 80.5 cm³/mol. The maximum absolute atomic E-state index is 13.1. The number of anilines is 2. The van der Waals surface area contributed by atoms with E-state index in [2.05, 4.69) is 20.7 Å². The Morgan fingerprint density at radius 1 is 1.20 bits per heavy atom. The molecule has 4 nitrogen and oxygen atoms in total. The van der Waals surface area contributed by atoms with E-state index in [9.17, 15) is 12.8 Å². The van der Waals surface area contributed by atoms with Crippen LogP contribution in [0.2, 0.25) is 0 Å². The maximum atomic E-state index is 13.1. The van der Waals surface area contributed by atoms with E-state index in [4.69, 9.17) is 5.73 Å². The molecule has 3 N–H and O–H groups in total.